The van der Waals surface area contributed by atoms with Gasteiger partial charge in [0, 0.05) is 10.5 Å². The molecule has 4 heteroatoms. The van der Waals surface area contributed by atoms with E-state index in [0.29, 0.717) is 17.1 Å². The SMILES string of the molecule is Cc1cc(NC2CC(c3ccc(Br)cc3)C2)cnc1Cl. The minimum Gasteiger partial charge on any atom is -0.381 e. The Kier molecular flexibility index (Phi) is 3.99. The Morgan fingerprint density at radius 1 is 1.25 bits per heavy atom. The van der Waals surface area contributed by atoms with Gasteiger partial charge in [-0.05, 0) is 55.0 Å². The van der Waals surface area contributed by atoms with Gasteiger partial charge < -0.3 is 5.32 Å². The fourth-order valence-corrected chi connectivity index (χ4v) is 2.98. The Labute approximate surface area is 132 Å². The van der Waals surface area contributed by atoms with Gasteiger partial charge >= 0.3 is 0 Å². The highest BCUT2D eigenvalue weighted by Crippen LogP contribution is 2.38. The monoisotopic (exact) mass is 350 g/mol. The Balaban J connectivity index is 1.58. The van der Waals surface area contributed by atoms with Crippen LogP contribution >= 0.6 is 27.5 Å². The molecule has 2 nitrogen and oxygen atoms in total. The maximum atomic E-state index is 5.94. The van der Waals surface area contributed by atoms with Gasteiger partial charge in [-0.15, -0.1) is 0 Å². The van der Waals surface area contributed by atoms with Crippen molar-refractivity contribution in [3.8, 4) is 0 Å². The number of halogens is 2. The Morgan fingerprint density at radius 2 is 1.95 bits per heavy atom. The number of anilines is 1. The van der Waals surface area contributed by atoms with Crippen molar-refractivity contribution < 1.29 is 0 Å². The normalized spacial score (nSPS) is 21.4. The largest absolute Gasteiger partial charge is 0.381 e. The Morgan fingerprint density at radius 3 is 2.60 bits per heavy atom. The highest BCUT2D eigenvalue weighted by molar-refractivity contribution is 9.10. The molecule has 0 amide bonds. The summed E-state index contributed by atoms with van der Waals surface area (Å²) in [6.07, 6.45) is 4.15. The van der Waals surface area contributed by atoms with Crippen molar-refractivity contribution in [3.05, 3.63) is 57.3 Å². The summed E-state index contributed by atoms with van der Waals surface area (Å²) in [4.78, 5) is 4.17. The molecule has 0 radical (unpaired) electrons. The van der Waals surface area contributed by atoms with Crippen molar-refractivity contribution in [2.75, 3.05) is 5.32 Å². The zero-order valence-corrected chi connectivity index (χ0v) is 13.6. The second-order valence-corrected chi connectivity index (χ2v) is 6.67. The van der Waals surface area contributed by atoms with Gasteiger partial charge in [0.15, 0.2) is 0 Å². The van der Waals surface area contributed by atoms with E-state index in [1.165, 1.54) is 18.4 Å². The van der Waals surface area contributed by atoms with E-state index in [1.807, 2.05) is 13.1 Å². The maximum absolute atomic E-state index is 5.94. The standard InChI is InChI=1S/C16H16BrClN2/c1-10-6-15(9-19-16(10)18)20-14-7-12(8-14)11-2-4-13(17)5-3-11/h2-6,9,12,14,20H,7-8H2,1H3. The molecular formula is C16H16BrClN2. The predicted molar refractivity (Wildman–Crippen MR) is 87.5 cm³/mol. The summed E-state index contributed by atoms with van der Waals surface area (Å²) in [5.74, 6) is 0.668. The lowest BCUT2D eigenvalue weighted by atomic mass is 9.76. The molecule has 20 heavy (non-hydrogen) atoms. The van der Waals surface area contributed by atoms with Gasteiger partial charge in [0.05, 0.1) is 11.9 Å². The van der Waals surface area contributed by atoms with Crippen LogP contribution in [0.15, 0.2) is 41.0 Å². The second kappa shape index (κ2) is 5.74. The first kappa shape index (κ1) is 13.9. The predicted octanol–water partition coefficient (Wildman–Crippen LogP) is 5.16. The van der Waals surface area contributed by atoms with E-state index in [-0.39, 0.29) is 0 Å². The third-order valence-electron chi connectivity index (χ3n) is 3.86. The molecule has 2 aromatic rings. The highest BCUT2D eigenvalue weighted by atomic mass is 79.9. The van der Waals surface area contributed by atoms with Gasteiger partial charge in [-0.1, -0.05) is 39.7 Å². The fourth-order valence-electron chi connectivity index (χ4n) is 2.62. The second-order valence-electron chi connectivity index (χ2n) is 5.39. The fraction of sp³-hybridized carbons (Fsp3) is 0.312. The molecular weight excluding hydrogens is 336 g/mol. The van der Waals surface area contributed by atoms with Crippen molar-refractivity contribution in [1.82, 2.24) is 4.98 Å². The number of benzene rings is 1. The average Bonchev–Trinajstić information content (AvgIpc) is 2.39. The summed E-state index contributed by atoms with van der Waals surface area (Å²) >= 11 is 9.41. The molecule has 1 aromatic heterocycles. The topological polar surface area (TPSA) is 24.9 Å². The summed E-state index contributed by atoms with van der Waals surface area (Å²) in [5.41, 5.74) is 3.50. The van der Waals surface area contributed by atoms with Crippen LogP contribution in [0.25, 0.3) is 0 Å². The smallest absolute Gasteiger partial charge is 0.132 e. The third kappa shape index (κ3) is 2.99. The molecule has 0 bridgehead atoms. The van der Waals surface area contributed by atoms with Crippen LogP contribution in [-0.4, -0.2) is 11.0 Å². The Bertz CT molecular complexity index is 606. The molecule has 1 aromatic carbocycles. The number of hydrogen-bond donors (Lipinski definition) is 1. The third-order valence-corrected chi connectivity index (χ3v) is 4.79. The van der Waals surface area contributed by atoms with Crippen LogP contribution in [0.5, 0.6) is 0 Å². The lowest BCUT2D eigenvalue weighted by Crippen LogP contribution is -2.34. The number of hydrogen-bond acceptors (Lipinski definition) is 2. The van der Waals surface area contributed by atoms with Crippen molar-refractivity contribution in [1.29, 1.82) is 0 Å². The van der Waals surface area contributed by atoms with Gasteiger partial charge in [-0.25, -0.2) is 4.98 Å². The van der Waals surface area contributed by atoms with Gasteiger partial charge in [-0.2, -0.15) is 0 Å². The molecule has 3 rings (SSSR count). The summed E-state index contributed by atoms with van der Waals surface area (Å²) in [5, 5.41) is 4.11. The van der Waals surface area contributed by atoms with E-state index in [0.717, 1.165) is 15.7 Å². The molecule has 1 N–H and O–H groups in total. The lowest BCUT2D eigenvalue weighted by molar-refractivity contribution is 0.374. The van der Waals surface area contributed by atoms with Crippen molar-refractivity contribution in [3.63, 3.8) is 0 Å². The van der Waals surface area contributed by atoms with Crippen LogP contribution < -0.4 is 5.32 Å². The van der Waals surface area contributed by atoms with Crippen LogP contribution in [0.2, 0.25) is 5.15 Å². The molecule has 0 unspecified atom stereocenters. The number of rotatable bonds is 3. The van der Waals surface area contributed by atoms with Crippen LogP contribution in [0.1, 0.15) is 29.9 Å². The van der Waals surface area contributed by atoms with E-state index in [4.69, 9.17) is 11.6 Å². The number of aryl methyl sites for hydroxylation is 1. The quantitative estimate of drug-likeness (QED) is 0.772. The first-order chi connectivity index (χ1) is 9.61. The zero-order chi connectivity index (χ0) is 14.1. The average molecular weight is 352 g/mol. The number of nitrogens with one attached hydrogen (secondary N) is 1. The van der Waals surface area contributed by atoms with Crippen LogP contribution in [0, 0.1) is 6.92 Å². The first-order valence-corrected chi connectivity index (χ1v) is 7.93. The molecule has 1 fully saturated rings. The molecule has 0 aliphatic heterocycles. The summed E-state index contributed by atoms with van der Waals surface area (Å²) in [6.45, 7) is 1.98. The molecule has 1 saturated carbocycles. The van der Waals surface area contributed by atoms with Gasteiger partial charge in [0.2, 0.25) is 0 Å². The molecule has 0 atom stereocenters. The van der Waals surface area contributed by atoms with Crippen LogP contribution in [-0.2, 0) is 0 Å². The van der Waals surface area contributed by atoms with E-state index >= 15 is 0 Å². The van der Waals surface area contributed by atoms with Crippen molar-refractivity contribution in [2.45, 2.75) is 31.7 Å². The maximum Gasteiger partial charge on any atom is 0.132 e. The Hall–Kier alpha value is -1.06. The summed E-state index contributed by atoms with van der Waals surface area (Å²) in [6, 6.07) is 11.2. The van der Waals surface area contributed by atoms with Crippen LogP contribution in [0.4, 0.5) is 5.69 Å². The summed E-state index contributed by atoms with van der Waals surface area (Å²) in [7, 11) is 0. The van der Waals surface area contributed by atoms with E-state index < -0.39 is 0 Å². The van der Waals surface area contributed by atoms with Gasteiger partial charge in [0.25, 0.3) is 0 Å². The minimum absolute atomic E-state index is 0.533. The molecule has 1 aliphatic carbocycles. The van der Waals surface area contributed by atoms with Gasteiger partial charge in [-0.3, -0.25) is 0 Å². The number of nitrogens with zero attached hydrogens (tertiary/aromatic N) is 1. The van der Waals surface area contributed by atoms with E-state index in [1.54, 1.807) is 0 Å². The van der Waals surface area contributed by atoms with E-state index in [2.05, 4.69) is 56.6 Å². The summed E-state index contributed by atoms with van der Waals surface area (Å²) < 4.78 is 1.14. The molecule has 1 aliphatic rings. The zero-order valence-electron chi connectivity index (χ0n) is 11.2. The van der Waals surface area contributed by atoms with Crippen molar-refractivity contribution >= 4 is 33.2 Å². The van der Waals surface area contributed by atoms with Crippen molar-refractivity contribution in [2.24, 2.45) is 0 Å². The molecule has 0 spiro atoms. The highest BCUT2D eigenvalue weighted by Gasteiger charge is 2.30. The first-order valence-electron chi connectivity index (χ1n) is 6.76. The number of pyridine rings is 1. The molecule has 0 saturated heterocycles. The minimum atomic E-state index is 0.533. The lowest BCUT2D eigenvalue weighted by Gasteiger charge is -2.37. The number of aromatic nitrogens is 1. The molecule has 1 heterocycles. The van der Waals surface area contributed by atoms with Gasteiger partial charge in [0.1, 0.15) is 5.15 Å². The molecule has 104 valence electrons. The van der Waals surface area contributed by atoms with Crippen LogP contribution in [0.3, 0.4) is 0 Å². The van der Waals surface area contributed by atoms with E-state index in [9.17, 15) is 0 Å².